The van der Waals surface area contributed by atoms with Crippen molar-refractivity contribution in [2.75, 3.05) is 25.9 Å². The molecule has 1 aliphatic heterocycles. The maximum absolute atomic E-state index is 11.5. The highest BCUT2D eigenvalue weighted by Crippen LogP contribution is 2.18. The van der Waals surface area contributed by atoms with Gasteiger partial charge < -0.3 is 5.32 Å². The maximum Gasteiger partial charge on any atom is 0.0329 e. The molecule has 0 saturated carbocycles. The summed E-state index contributed by atoms with van der Waals surface area (Å²) >= 11 is 0. The Morgan fingerprint density at radius 1 is 1.37 bits per heavy atom. The first-order valence-electron chi connectivity index (χ1n) is 7.79. The molecule has 1 saturated heterocycles. The zero-order valence-electron chi connectivity index (χ0n) is 13.3. The second kappa shape index (κ2) is 8.38. The first-order chi connectivity index (χ1) is 8.99. The zero-order chi connectivity index (χ0) is 14.4. The standard InChI is InChI=1S/C15H32N2OS/c1-6-12(3)15-11-17(14(7-2)10-16-15)9-8-13(4)19(5)18/h12-16H,6-11H2,1-5H3. The van der Waals surface area contributed by atoms with Crippen LogP contribution < -0.4 is 5.32 Å². The molecule has 4 heteroatoms. The van der Waals surface area contributed by atoms with Crippen molar-refractivity contribution in [1.29, 1.82) is 0 Å². The summed E-state index contributed by atoms with van der Waals surface area (Å²) in [6.07, 6.45) is 5.30. The van der Waals surface area contributed by atoms with Gasteiger partial charge in [-0.1, -0.05) is 34.1 Å². The fraction of sp³-hybridized carbons (Fsp3) is 1.00. The molecule has 1 fully saturated rings. The second-order valence-electron chi connectivity index (χ2n) is 6.06. The van der Waals surface area contributed by atoms with Crippen LogP contribution in [-0.2, 0) is 10.8 Å². The van der Waals surface area contributed by atoms with Gasteiger partial charge in [-0.05, 0) is 25.3 Å². The minimum Gasteiger partial charge on any atom is -0.311 e. The lowest BCUT2D eigenvalue weighted by molar-refractivity contribution is 0.105. The van der Waals surface area contributed by atoms with Gasteiger partial charge in [0.05, 0.1) is 0 Å². The Bertz CT molecular complexity index is 285. The Morgan fingerprint density at radius 2 is 2.05 bits per heavy atom. The number of nitrogens with zero attached hydrogens (tertiary/aromatic N) is 1. The fourth-order valence-corrected chi connectivity index (χ4v) is 3.18. The minimum absolute atomic E-state index is 0.314. The van der Waals surface area contributed by atoms with Crippen LogP contribution in [0.2, 0.25) is 0 Å². The topological polar surface area (TPSA) is 32.3 Å². The van der Waals surface area contributed by atoms with Crippen LogP contribution in [0.3, 0.4) is 0 Å². The summed E-state index contributed by atoms with van der Waals surface area (Å²) in [4.78, 5) is 2.62. The molecule has 0 spiro atoms. The molecule has 0 aromatic carbocycles. The van der Waals surface area contributed by atoms with E-state index in [9.17, 15) is 4.21 Å². The number of piperazine rings is 1. The van der Waals surface area contributed by atoms with E-state index in [2.05, 4.69) is 37.9 Å². The SMILES string of the molecule is CCC(C)C1CN(CCC(C)S(C)=O)C(CC)CN1. The summed E-state index contributed by atoms with van der Waals surface area (Å²) in [6, 6.07) is 1.27. The summed E-state index contributed by atoms with van der Waals surface area (Å²) in [5, 5.41) is 4.02. The van der Waals surface area contributed by atoms with Crippen molar-refractivity contribution < 1.29 is 4.21 Å². The Morgan fingerprint density at radius 3 is 2.58 bits per heavy atom. The van der Waals surface area contributed by atoms with Gasteiger partial charge in [-0.15, -0.1) is 0 Å². The molecule has 1 heterocycles. The van der Waals surface area contributed by atoms with Crippen molar-refractivity contribution in [3.05, 3.63) is 0 Å². The van der Waals surface area contributed by atoms with Crippen molar-refractivity contribution >= 4 is 10.8 Å². The van der Waals surface area contributed by atoms with E-state index in [-0.39, 0.29) is 0 Å². The molecule has 0 bridgehead atoms. The van der Waals surface area contributed by atoms with Crippen molar-refractivity contribution in [1.82, 2.24) is 10.2 Å². The first kappa shape index (κ1) is 17.1. The highest BCUT2D eigenvalue weighted by molar-refractivity contribution is 7.84. The van der Waals surface area contributed by atoms with Gasteiger partial charge in [-0.3, -0.25) is 9.11 Å². The molecule has 5 atom stereocenters. The van der Waals surface area contributed by atoms with Gasteiger partial charge in [-0.2, -0.15) is 0 Å². The molecule has 19 heavy (non-hydrogen) atoms. The average molecular weight is 289 g/mol. The minimum atomic E-state index is -0.689. The van der Waals surface area contributed by atoms with Crippen LogP contribution >= 0.6 is 0 Å². The Kier molecular flexibility index (Phi) is 7.55. The van der Waals surface area contributed by atoms with Gasteiger partial charge >= 0.3 is 0 Å². The third-order valence-corrected chi connectivity index (χ3v) is 6.12. The lowest BCUT2D eigenvalue weighted by Crippen LogP contribution is -2.58. The van der Waals surface area contributed by atoms with Gasteiger partial charge in [0.1, 0.15) is 0 Å². The maximum atomic E-state index is 11.5. The van der Waals surface area contributed by atoms with E-state index in [1.165, 1.54) is 12.8 Å². The van der Waals surface area contributed by atoms with E-state index in [4.69, 9.17) is 0 Å². The fourth-order valence-electron chi connectivity index (χ4n) is 2.74. The molecule has 0 aliphatic carbocycles. The molecule has 1 rings (SSSR count). The third-order valence-electron chi connectivity index (χ3n) is 4.75. The van der Waals surface area contributed by atoms with Crippen molar-refractivity contribution in [3.63, 3.8) is 0 Å². The molecule has 0 aromatic heterocycles. The van der Waals surface area contributed by atoms with E-state index >= 15 is 0 Å². The van der Waals surface area contributed by atoms with E-state index in [0.29, 0.717) is 17.3 Å². The Balaban J connectivity index is 2.52. The number of rotatable bonds is 7. The summed E-state index contributed by atoms with van der Waals surface area (Å²) < 4.78 is 11.5. The number of hydrogen-bond donors (Lipinski definition) is 1. The van der Waals surface area contributed by atoms with E-state index in [1.54, 1.807) is 0 Å². The molecule has 1 aliphatic rings. The third kappa shape index (κ3) is 5.16. The molecular formula is C15H32N2OS. The number of hydrogen-bond acceptors (Lipinski definition) is 3. The first-order valence-corrected chi connectivity index (χ1v) is 9.41. The largest absolute Gasteiger partial charge is 0.311 e. The lowest BCUT2D eigenvalue weighted by Gasteiger charge is -2.42. The Hall–Kier alpha value is 0.0700. The van der Waals surface area contributed by atoms with Crippen molar-refractivity contribution in [2.24, 2.45) is 5.92 Å². The van der Waals surface area contributed by atoms with Crippen molar-refractivity contribution in [3.8, 4) is 0 Å². The summed E-state index contributed by atoms with van der Waals surface area (Å²) in [5.74, 6) is 0.734. The number of nitrogens with one attached hydrogen (secondary N) is 1. The lowest BCUT2D eigenvalue weighted by atomic mass is 9.94. The highest BCUT2D eigenvalue weighted by Gasteiger charge is 2.29. The Labute approximate surface area is 122 Å². The van der Waals surface area contributed by atoms with Gasteiger partial charge in [0.15, 0.2) is 0 Å². The predicted molar refractivity (Wildman–Crippen MR) is 85.0 cm³/mol. The van der Waals surface area contributed by atoms with Gasteiger partial charge in [0.25, 0.3) is 0 Å². The van der Waals surface area contributed by atoms with Gasteiger partial charge in [-0.25, -0.2) is 0 Å². The van der Waals surface area contributed by atoms with Crippen LogP contribution in [0.25, 0.3) is 0 Å². The van der Waals surface area contributed by atoms with Crippen LogP contribution in [0.15, 0.2) is 0 Å². The predicted octanol–water partition coefficient (Wildman–Crippen LogP) is 2.24. The van der Waals surface area contributed by atoms with Crippen LogP contribution in [0.1, 0.15) is 47.0 Å². The molecule has 5 unspecified atom stereocenters. The smallest absolute Gasteiger partial charge is 0.0329 e. The van der Waals surface area contributed by atoms with Gasteiger partial charge in [0, 0.05) is 47.5 Å². The van der Waals surface area contributed by atoms with E-state index in [1.807, 2.05) is 6.26 Å². The van der Waals surface area contributed by atoms with E-state index < -0.39 is 10.8 Å². The average Bonchev–Trinajstić information content (AvgIpc) is 2.43. The van der Waals surface area contributed by atoms with Gasteiger partial charge in [0.2, 0.25) is 0 Å². The normalized spacial score (nSPS) is 29.9. The molecule has 114 valence electrons. The highest BCUT2D eigenvalue weighted by atomic mass is 32.2. The molecule has 0 radical (unpaired) electrons. The van der Waals surface area contributed by atoms with Crippen LogP contribution in [0.5, 0.6) is 0 Å². The quantitative estimate of drug-likeness (QED) is 0.780. The molecule has 0 amide bonds. The molecular weight excluding hydrogens is 256 g/mol. The summed E-state index contributed by atoms with van der Waals surface area (Å²) in [7, 11) is -0.689. The summed E-state index contributed by atoms with van der Waals surface area (Å²) in [5.41, 5.74) is 0. The zero-order valence-corrected chi connectivity index (χ0v) is 14.1. The molecule has 1 N–H and O–H groups in total. The van der Waals surface area contributed by atoms with E-state index in [0.717, 1.165) is 32.0 Å². The summed E-state index contributed by atoms with van der Waals surface area (Å²) in [6.45, 7) is 12.3. The van der Waals surface area contributed by atoms with Crippen LogP contribution in [-0.4, -0.2) is 52.3 Å². The van der Waals surface area contributed by atoms with Crippen molar-refractivity contribution in [2.45, 2.75) is 64.3 Å². The molecule has 0 aromatic rings. The van der Waals surface area contributed by atoms with Crippen LogP contribution in [0, 0.1) is 5.92 Å². The van der Waals surface area contributed by atoms with Crippen LogP contribution in [0.4, 0.5) is 0 Å². The second-order valence-corrected chi connectivity index (χ2v) is 7.86. The molecule has 3 nitrogen and oxygen atoms in total. The monoisotopic (exact) mass is 288 g/mol.